The van der Waals surface area contributed by atoms with Gasteiger partial charge >= 0.3 is 0 Å². The van der Waals surface area contributed by atoms with Crippen molar-refractivity contribution >= 4 is 17.5 Å². The smallest absolute Gasteiger partial charge is 0.251 e. The van der Waals surface area contributed by atoms with Gasteiger partial charge in [-0.2, -0.15) is 0 Å². The van der Waals surface area contributed by atoms with Crippen LogP contribution in [0.1, 0.15) is 6.42 Å². The maximum Gasteiger partial charge on any atom is 0.251 e. The highest BCUT2D eigenvalue weighted by molar-refractivity contribution is 6.23. The van der Waals surface area contributed by atoms with E-state index in [1.54, 1.807) is 25.3 Å². The van der Waals surface area contributed by atoms with Gasteiger partial charge in [-0.1, -0.05) is 0 Å². The second kappa shape index (κ2) is 6.78. The first kappa shape index (κ1) is 16.7. The molecule has 130 valence electrons. The number of nitrogens with zero attached hydrogens (tertiary/aromatic N) is 3. The zero-order valence-electron chi connectivity index (χ0n) is 14.3. The number of likely N-dealkylation sites (N-methyl/N-ethyl adjacent to an activating group) is 1. The summed E-state index contributed by atoms with van der Waals surface area (Å²) in [4.78, 5) is 31.0. The fourth-order valence-electron chi connectivity index (χ4n) is 3.26. The molecule has 2 saturated heterocycles. The van der Waals surface area contributed by atoms with Crippen LogP contribution < -0.4 is 14.4 Å². The third-order valence-corrected chi connectivity index (χ3v) is 4.73. The van der Waals surface area contributed by atoms with Crippen molar-refractivity contribution in [3.8, 4) is 11.5 Å². The molecule has 0 spiro atoms. The maximum absolute atomic E-state index is 12.9. The monoisotopic (exact) mass is 333 g/mol. The van der Waals surface area contributed by atoms with Gasteiger partial charge in [0.25, 0.3) is 5.91 Å². The van der Waals surface area contributed by atoms with Crippen LogP contribution in [0.3, 0.4) is 0 Å². The maximum atomic E-state index is 12.9. The van der Waals surface area contributed by atoms with Gasteiger partial charge in [-0.25, -0.2) is 4.90 Å². The van der Waals surface area contributed by atoms with E-state index in [9.17, 15) is 9.59 Å². The molecule has 2 heterocycles. The lowest BCUT2D eigenvalue weighted by molar-refractivity contribution is -0.123. The Labute approximate surface area is 141 Å². The summed E-state index contributed by atoms with van der Waals surface area (Å²) in [5, 5.41) is 0. The highest BCUT2D eigenvalue weighted by Gasteiger charge is 2.44. The minimum Gasteiger partial charge on any atom is -0.497 e. The zero-order chi connectivity index (χ0) is 17.3. The topological polar surface area (TPSA) is 62.3 Å². The number of hydrogen-bond donors (Lipinski definition) is 0. The number of rotatable bonds is 4. The van der Waals surface area contributed by atoms with Gasteiger partial charge in [-0.15, -0.1) is 0 Å². The van der Waals surface area contributed by atoms with E-state index in [0.717, 1.165) is 26.2 Å². The quantitative estimate of drug-likeness (QED) is 0.752. The van der Waals surface area contributed by atoms with Crippen LogP contribution in [0.25, 0.3) is 0 Å². The van der Waals surface area contributed by atoms with Crippen LogP contribution >= 0.6 is 0 Å². The van der Waals surface area contributed by atoms with Crippen molar-refractivity contribution in [2.75, 3.05) is 52.3 Å². The van der Waals surface area contributed by atoms with E-state index in [4.69, 9.17) is 9.47 Å². The number of anilines is 1. The molecule has 1 aromatic rings. The third-order valence-electron chi connectivity index (χ3n) is 4.73. The van der Waals surface area contributed by atoms with Crippen molar-refractivity contribution in [2.45, 2.75) is 12.5 Å². The molecule has 1 atom stereocenters. The number of amides is 2. The molecule has 0 N–H and O–H groups in total. The van der Waals surface area contributed by atoms with Gasteiger partial charge in [0.1, 0.15) is 11.5 Å². The highest BCUT2D eigenvalue weighted by atomic mass is 16.5. The molecule has 2 fully saturated rings. The Morgan fingerprint density at radius 3 is 2.38 bits per heavy atom. The van der Waals surface area contributed by atoms with Crippen molar-refractivity contribution in [3.63, 3.8) is 0 Å². The third kappa shape index (κ3) is 2.97. The molecule has 3 rings (SSSR count). The molecule has 7 heteroatoms. The van der Waals surface area contributed by atoms with E-state index < -0.39 is 0 Å². The molecule has 0 bridgehead atoms. The van der Waals surface area contributed by atoms with Gasteiger partial charge in [-0.3, -0.25) is 14.5 Å². The second-order valence-corrected chi connectivity index (χ2v) is 6.16. The molecular weight excluding hydrogens is 310 g/mol. The van der Waals surface area contributed by atoms with E-state index in [1.807, 2.05) is 0 Å². The molecular formula is C17H23N3O4. The van der Waals surface area contributed by atoms with Crippen molar-refractivity contribution in [3.05, 3.63) is 18.2 Å². The fraction of sp³-hybridized carbons (Fsp3) is 0.529. The van der Waals surface area contributed by atoms with Crippen LogP contribution in [-0.4, -0.2) is 75.1 Å². The molecule has 0 aliphatic carbocycles. The lowest BCUT2D eigenvalue weighted by Crippen LogP contribution is -2.51. The summed E-state index contributed by atoms with van der Waals surface area (Å²) in [6.45, 7) is 3.40. The Balaban J connectivity index is 1.87. The van der Waals surface area contributed by atoms with E-state index in [-0.39, 0.29) is 24.3 Å². The largest absolute Gasteiger partial charge is 0.497 e. The predicted octanol–water partition coefficient (Wildman–Crippen LogP) is 0.583. The zero-order valence-corrected chi connectivity index (χ0v) is 14.3. The standard InChI is InChI=1S/C17H23N3O4/c1-18-6-8-19(9-7-18)14-11-16(21)20(17(14)22)13-10-12(23-2)4-5-15(13)24-3/h4-5,10,14H,6-9,11H2,1-3H3/t14-/m1/s1. The molecule has 2 aliphatic heterocycles. The molecule has 2 aliphatic rings. The summed E-state index contributed by atoms with van der Waals surface area (Å²) in [5.74, 6) is 0.678. The van der Waals surface area contributed by atoms with Crippen LogP contribution in [0.15, 0.2) is 18.2 Å². The molecule has 7 nitrogen and oxygen atoms in total. The Hall–Kier alpha value is -2.12. The predicted molar refractivity (Wildman–Crippen MR) is 89.5 cm³/mol. The SMILES string of the molecule is COc1ccc(OC)c(N2C(=O)C[C@@H](N3CCN(C)CC3)C2=O)c1. The van der Waals surface area contributed by atoms with Gasteiger partial charge in [0, 0.05) is 32.2 Å². The molecule has 0 saturated carbocycles. The average Bonchev–Trinajstić information content (AvgIpc) is 2.89. The number of imide groups is 1. The van der Waals surface area contributed by atoms with E-state index in [0.29, 0.717) is 17.2 Å². The molecule has 2 amide bonds. The van der Waals surface area contributed by atoms with Crippen LogP contribution in [0.2, 0.25) is 0 Å². The molecule has 1 aromatic carbocycles. The van der Waals surface area contributed by atoms with Gasteiger partial charge in [0.2, 0.25) is 5.91 Å². The molecule has 0 aromatic heterocycles. The summed E-state index contributed by atoms with van der Waals surface area (Å²) in [7, 11) is 5.13. The summed E-state index contributed by atoms with van der Waals surface area (Å²) in [6.07, 6.45) is 0.211. The first-order valence-corrected chi connectivity index (χ1v) is 8.06. The molecule has 0 unspecified atom stereocenters. The number of carbonyl (C=O) groups excluding carboxylic acids is 2. The van der Waals surface area contributed by atoms with Crippen LogP contribution in [0, 0.1) is 0 Å². The van der Waals surface area contributed by atoms with Gasteiger partial charge in [-0.05, 0) is 19.2 Å². The summed E-state index contributed by atoms with van der Waals surface area (Å²) < 4.78 is 10.5. The Morgan fingerprint density at radius 1 is 1.04 bits per heavy atom. The number of ether oxygens (including phenoxy) is 2. The van der Waals surface area contributed by atoms with Gasteiger partial charge < -0.3 is 14.4 Å². The summed E-state index contributed by atoms with van der Waals surface area (Å²) in [5.41, 5.74) is 0.448. The van der Waals surface area contributed by atoms with Gasteiger partial charge in [0.15, 0.2) is 0 Å². The van der Waals surface area contributed by atoms with Crippen LogP contribution in [0.4, 0.5) is 5.69 Å². The van der Waals surface area contributed by atoms with Crippen LogP contribution in [-0.2, 0) is 9.59 Å². The highest BCUT2D eigenvalue weighted by Crippen LogP contribution is 2.36. The summed E-state index contributed by atoms with van der Waals surface area (Å²) in [6, 6.07) is 4.73. The second-order valence-electron chi connectivity index (χ2n) is 6.16. The number of benzene rings is 1. The van der Waals surface area contributed by atoms with Crippen LogP contribution in [0.5, 0.6) is 11.5 Å². The van der Waals surface area contributed by atoms with Crippen molar-refractivity contribution in [1.82, 2.24) is 9.80 Å². The first-order valence-electron chi connectivity index (χ1n) is 8.06. The fourth-order valence-corrected chi connectivity index (χ4v) is 3.26. The van der Waals surface area contributed by atoms with E-state index >= 15 is 0 Å². The van der Waals surface area contributed by atoms with E-state index in [2.05, 4.69) is 16.8 Å². The molecule has 0 radical (unpaired) electrons. The Morgan fingerprint density at radius 2 is 1.75 bits per heavy atom. The average molecular weight is 333 g/mol. The van der Waals surface area contributed by atoms with Crippen molar-refractivity contribution in [2.24, 2.45) is 0 Å². The lowest BCUT2D eigenvalue weighted by atomic mass is 10.2. The Kier molecular flexibility index (Phi) is 4.73. The number of carbonyl (C=O) groups is 2. The molecule has 24 heavy (non-hydrogen) atoms. The Bertz CT molecular complexity index is 641. The van der Waals surface area contributed by atoms with Gasteiger partial charge in [0.05, 0.1) is 32.4 Å². The van der Waals surface area contributed by atoms with Crippen molar-refractivity contribution in [1.29, 1.82) is 0 Å². The normalized spacial score (nSPS) is 23.0. The number of methoxy groups -OCH3 is 2. The lowest BCUT2D eigenvalue weighted by Gasteiger charge is -2.35. The first-order chi connectivity index (χ1) is 11.5. The minimum absolute atomic E-state index is 0.184. The van der Waals surface area contributed by atoms with E-state index in [1.165, 1.54) is 12.0 Å². The minimum atomic E-state index is -0.387. The number of piperazine rings is 1. The number of hydrogen-bond acceptors (Lipinski definition) is 6. The van der Waals surface area contributed by atoms with Crippen molar-refractivity contribution < 1.29 is 19.1 Å². The summed E-state index contributed by atoms with van der Waals surface area (Å²) >= 11 is 0.